The van der Waals surface area contributed by atoms with Crippen LogP contribution in [0.25, 0.3) is 10.6 Å². The lowest BCUT2D eigenvalue weighted by Crippen LogP contribution is -2.50. The first-order valence-corrected chi connectivity index (χ1v) is 10.4. The standard InChI is InChI=1S/C19H25BrN4O2S/c1-6-11(2)14(21-17(26)19(3,4)5)15(25)22-18-24-23-16(27-18)12-7-9-13(20)10-8-12/h7-11,14H,6H2,1-5H3,(H,21,26)(H,22,24,25)/t11-,14+/m1/s1. The van der Waals surface area contributed by atoms with E-state index in [9.17, 15) is 9.59 Å². The second-order valence-corrected chi connectivity index (χ2v) is 9.39. The van der Waals surface area contributed by atoms with Crippen molar-refractivity contribution in [3.8, 4) is 10.6 Å². The maximum atomic E-state index is 12.8. The SMILES string of the molecule is CC[C@@H](C)[C@H](NC(=O)C(C)(C)C)C(=O)Nc1nnc(-c2ccc(Br)cc2)s1. The van der Waals surface area contributed by atoms with E-state index in [0.717, 1.165) is 21.5 Å². The van der Waals surface area contributed by atoms with Gasteiger partial charge in [0.2, 0.25) is 16.9 Å². The number of amides is 2. The summed E-state index contributed by atoms with van der Waals surface area (Å²) in [7, 11) is 0. The highest BCUT2D eigenvalue weighted by atomic mass is 79.9. The quantitative estimate of drug-likeness (QED) is 0.676. The Morgan fingerprint density at radius 2 is 1.81 bits per heavy atom. The topological polar surface area (TPSA) is 84.0 Å². The van der Waals surface area contributed by atoms with Crippen LogP contribution >= 0.6 is 27.3 Å². The van der Waals surface area contributed by atoms with Crippen LogP contribution in [0.5, 0.6) is 0 Å². The second-order valence-electron chi connectivity index (χ2n) is 7.50. The molecule has 2 N–H and O–H groups in total. The van der Waals surface area contributed by atoms with Gasteiger partial charge >= 0.3 is 0 Å². The van der Waals surface area contributed by atoms with Crippen molar-refractivity contribution in [1.82, 2.24) is 15.5 Å². The molecule has 1 aromatic heterocycles. The number of halogens is 1. The van der Waals surface area contributed by atoms with Gasteiger partial charge in [-0.05, 0) is 18.1 Å². The highest BCUT2D eigenvalue weighted by molar-refractivity contribution is 9.10. The molecule has 0 saturated heterocycles. The molecule has 2 rings (SSSR count). The van der Waals surface area contributed by atoms with Crippen molar-refractivity contribution in [3.63, 3.8) is 0 Å². The lowest BCUT2D eigenvalue weighted by atomic mass is 9.92. The third-order valence-corrected chi connectivity index (χ3v) is 5.63. The van der Waals surface area contributed by atoms with Gasteiger partial charge in [0.15, 0.2) is 0 Å². The summed E-state index contributed by atoms with van der Waals surface area (Å²) < 4.78 is 0.982. The predicted molar refractivity (Wildman–Crippen MR) is 113 cm³/mol. The fraction of sp³-hybridized carbons (Fsp3) is 0.474. The zero-order valence-corrected chi connectivity index (χ0v) is 18.6. The summed E-state index contributed by atoms with van der Waals surface area (Å²) >= 11 is 4.70. The lowest BCUT2D eigenvalue weighted by Gasteiger charge is -2.27. The summed E-state index contributed by atoms with van der Waals surface area (Å²) in [6.07, 6.45) is 0.767. The van der Waals surface area contributed by atoms with Gasteiger partial charge in [0, 0.05) is 15.5 Å². The first-order chi connectivity index (χ1) is 12.6. The second kappa shape index (κ2) is 8.93. The molecule has 2 amide bonds. The maximum absolute atomic E-state index is 12.8. The number of aromatic nitrogens is 2. The van der Waals surface area contributed by atoms with Crippen LogP contribution in [-0.4, -0.2) is 28.1 Å². The minimum absolute atomic E-state index is 0.00448. The molecule has 0 bridgehead atoms. The monoisotopic (exact) mass is 452 g/mol. The number of nitrogens with zero attached hydrogens (tertiary/aromatic N) is 2. The van der Waals surface area contributed by atoms with Crippen molar-refractivity contribution in [2.45, 2.75) is 47.1 Å². The number of nitrogens with one attached hydrogen (secondary N) is 2. The fourth-order valence-electron chi connectivity index (χ4n) is 2.23. The van der Waals surface area contributed by atoms with Crippen molar-refractivity contribution in [1.29, 1.82) is 0 Å². The smallest absolute Gasteiger partial charge is 0.249 e. The van der Waals surface area contributed by atoms with Crippen LogP contribution < -0.4 is 10.6 Å². The summed E-state index contributed by atoms with van der Waals surface area (Å²) in [6, 6.07) is 7.09. The molecule has 27 heavy (non-hydrogen) atoms. The van der Waals surface area contributed by atoms with E-state index in [4.69, 9.17) is 0 Å². The Hall–Kier alpha value is -1.80. The van der Waals surface area contributed by atoms with Crippen LogP contribution in [0.3, 0.4) is 0 Å². The molecule has 0 fully saturated rings. The van der Waals surface area contributed by atoms with Crippen molar-refractivity contribution in [2.75, 3.05) is 5.32 Å². The van der Waals surface area contributed by atoms with E-state index in [1.54, 1.807) is 0 Å². The van der Waals surface area contributed by atoms with E-state index in [2.05, 4.69) is 36.8 Å². The Labute approximate surface area is 172 Å². The van der Waals surface area contributed by atoms with Crippen LogP contribution in [0.1, 0.15) is 41.0 Å². The Bertz CT molecular complexity index is 799. The van der Waals surface area contributed by atoms with Gasteiger partial charge in [0.1, 0.15) is 11.0 Å². The normalized spacial score (nSPS) is 13.7. The number of rotatable bonds is 6. The molecule has 0 aliphatic rings. The molecular formula is C19H25BrN4O2S. The van der Waals surface area contributed by atoms with Gasteiger partial charge in [-0.3, -0.25) is 14.9 Å². The third kappa shape index (κ3) is 5.84. The third-order valence-electron chi connectivity index (χ3n) is 4.21. The molecule has 0 spiro atoms. The Morgan fingerprint density at radius 1 is 1.19 bits per heavy atom. The number of carbonyl (C=O) groups is 2. The van der Waals surface area contributed by atoms with Gasteiger partial charge in [0.25, 0.3) is 0 Å². The zero-order chi connectivity index (χ0) is 20.2. The van der Waals surface area contributed by atoms with E-state index in [1.807, 2.05) is 58.9 Å². The molecule has 2 atom stereocenters. The van der Waals surface area contributed by atoms with E-state index < -0.39 is 11.5 Å². The van der Waals surface area contributed by atoms with Gasteiger partial charge in [-0.15, -0.1) is 10.2 Å². The van der Waals surface area contributed by atoms with Gasteiger partial charge in [-0.2, -0.15) is 0 Å². The van der Waals surface area contributed by atoms with Gasteiger partial charge in [-0.1, -0.05) is 80.4 Å². The molecule has 1 aromatic carbocycles. The lowest BCUT2D eigenvalue weighted by molar-refractivity contribution is -0.132. The van der Waals surface area contributed by atoms with Gasteiger partial charge in [0.05, 0.1) is 0 Å². The number of carbonyl (C=O) groups excluding carboxylic acids is 2. The summed E-state index contributed by atoms with van der Waals surface area (Å²) in [5.41, 5.74) is 0.361. The van der Waals surface area contributed by atoms with Crippen molar-refractivity contribution in [2.24, 2.45) is 11.3 Å². The Balaban J connectivity index is 2.13. The molecule has 0 unspecified atom stereocenters. The number of benzene rings is 1. The molecule has 8 heteroatoms. The molecule has 6 nitrogen and oxygen atoms in total. The van der Waals surface area contributed by atoms with E-state index >= 15 is 0 Å². The van der Waals surface area contributed by atoms with Crippen molar-refractivity contribution >= 4 is 44.2 Å². The first kappa shape index (κ1) is 21.5. The van der Waals surface area contributed by atoms with E-state index in [0.29, 0.717) is 5.13 Å². The Kier molecular flexibility index (Phi) is 7.11. The summed E-state index contributed by atoms with van der Waals surface area (Å²) in [6.45, 7) is 9.40. The molecule has 0 saturated carbocycles. The van der Waals surface area contributed by atoms with Crippen LogP contribution in [0.2, 0.25) is 0 Å². The zero-order valence-electron chi connectivity index (χ0n) is 16.2. The van der Waals surface area contributed by atoms with Crippen molar-refractivity contribution in [3.05, 3.63) is 28.7 Å². The molecule has 2 aromatic rings. The summed E-state index contributed by atoms with van der Waals surface area (Å²) in [5.74, 6) is -0.439. The van der Waals surface area contributed by atoms with Crippen LogP contribution in [0.4, 0.5) is 5.13 Å². The number of anilines is 1. The fourth-order valence-corrected chi connectivity index (χ4v) is 3.24. The number of hydrogen-bond acceptors (Lipinski definition) is 5. The highest BCUT2D eigenvalue weighted by Gasteiger charge is 2.31. The Morgan fingerprint density at radius 3 is 2.37 bits per heavy atom. The molecule has 0 aliphatic heterocycles. The average Bonchev–Trinajstić information content (AvgIpc) is 3.06. The van der Waals surface area contributed by atoms with Crippen LogP contribution in [0.15, 0.2) is 28.7 Å². The van der Waals surface area contributed by atoms with Crippen LogP contribution in [-0.2, 0) is 9.59 Å². The minimum Gasteiger partial charge on any atom is -0.344 e. The molecular weight excluding hydrogens is 428 g/mol. The molecule has 0 aliphatic carbocycles. The van der Waals surface area contributed by atoms with Crippen molar-refractivity contribution < 1.29 is 9.59 Å². The molecule has 146 valence electrons. The largest absolute Gasteiger partial charge is 0.344 e. The molecule has 0 radical (unpaired) electrons. The number of hydrogen-bond donors (Lipinski definition) is 2. The van der Waals surface area contributed by atoms with E-state index in [-0.39, 0.29) is 17.7 Å². The maximum Gasteiger partial charge on any atom is 0.249 e. The predicted octanol–water partition coefficient (Wildman–Crippen LogP) is 4.48. The van der Waals surface area contributed by atoms with Gasteiger partial charge in [-0.25, -0.2) is 0 Å². The minimum atomic E-state index is -0.623. The summed E-state index contributed by atoms with van der Waals surface area (Å²) in [4.78, 5) is 25.1. The molecule has 1 heterocycles. The van der Waals surface area contributed by atoms with Crippen LogP contribution in [0, 0.1) is 11.3 Å². The van der Waals surface area contributed by atoms with Gasteiger partial charge < -0.3 is 5.32 Å². The highest BCUT2D eigenvalue weighted by Crippen LogP contribution is 2.27. The van der Waals surface area contributed by atoms with E-state index in [1.165, 1.54) is 11.3 Å². The first-order valence-electron chi connectivity index (χ1n) is 8.83. The summed E-state index contributed by atoms with van der Waals surface area (Å²) in [5, 5.41) is 15.0. The average molecular weight is 453 g/mol.